The zero-order chi connectivity index (χ0) is 26.6. The minimum absolute atomic E-state index is 0.0202. The number of methoxy groups -OCH3 is 1. The number of aromatic hydroxyl groups is 1. The molecule has 0 radical (unpaired) electrons. The Balaban J connectivity index is 1.57. The molecule has 38 heavy (non-hydrogen) atoms. The van der Waals surface area contributed by atoms with Crippen LogP contribution >= 0.6 is 11.3 Å². The lowest BCUT2D eigenvalue weighted by Crippen LogP contribution is -2.30. The number of nitrogens with one attached hydrogen (secondary N) is 1. The fraction of sp³-hybridized carbons (Fsp3) is 0.207. The minimum atomic E-state index is -1.06. The number of anilines is 1. The Hall–Kier alpha value is -4.37. The van der Waals surface area contributed by atoms with Crippen molar-refractivity contribution >= 4 is 28.9 Å². The first-order chi connectivity index (χ1) is 18.4. The lowest BCUT2D eigenvalue weighted by molar-refractivity contribution is -0.116. The molecular formula is C29H25N3O5S. The van der Waals surface area contributed by atoms with E-state index >= 15 is 0 Å². The number of fused-ring (bicyclic) bond motifs is 1. The summed E-state index contributed by atoms with van der Waals surface area (Å²) in [5, 5.41) is 30.7. The summed E-state index contributed by atoms with van der Waals surface area (Å²) in [4.78, 5) is 27.0. The zero-order valence-electron chi connectivity index (χ0n) is 20.8. The van der Waals surface area contributed by atoms with Crippen molar-refractivity contribution in [2.24, 2.45) is 0 Å². The third kappa shape index (κ3) is 3.78. The largest absolute Gasteiger partial charge is 0.504 e. The molecule has 0 bridgehead atoms. The molecule has 2 aromatic heterocycles. The first-order valence-corrected chi connectivity index (χ1v) is 13.1. The number of hydrogen-bond acceptors (Lipinski definition) is 7. The maximum Gasteiger partial charge on any atom is 0.337 e. The maximum absolute atomic E-state index is 13.8. The van der Waals surface area contributed by atoms with Crippen LogP contribution < -0.4 is 10.1 Å². The van der Waals surface area contributed by atoms with Crippen LogP contribution in [0.4, 0.5) is 5.82 Å². The number of phenolic OH excluding ortho intramolecular Hbond substituents is 1. The number of thiophene rings is 1. The van der Waals surface area contributed by atoms with Crippen molar-refractivity contribution in [1.29, 1.82) is 0 Å². The van der Waals surface area contributed by atoms with Gasteiger partial charge in [-0.2, -0.15) is 5.10 Å². The number of aryl methyl sites for hydroxylation is 1. The van der Waals surface area contributed by atoms with Gasteiger partial charge in [0.2, 0.25) is 0 Å². The number of rotatable bonds is 5. The molecule has 0 saturated carbocycles. The molecule has 192 valence electrons. The summed E-state index contributed by atoms with van der Waals surface area (Å²) in [6, 6.07) is 15.9. The van der Waals surface area contributed by atoms with Crippen LogP contribution in [-0.4, -0.2) is 38.9 Å². The number of aromatic nitrogens is 2. The number of para-hydroxylation sites is 1. The highest BCUT2D eigenvalue weighted by atomic mass is 32.1. The van der Waals surface area contributed by atoms with Gasteiger partial charge in [0.1, 0.15) is 5.82 Å². The SMILES string of the molecule is COc1ccc(C2C3=C(CC(c4cccs4)CC3=O)Nc3c2c(C)nn3-c2ccccc2C(=O)O)cc1O. The van der Waals surface area contributed by atoms with Crippen molar-refractivity contribution in [2.75, 3.05) is 12.4 Å². The predicted octanol–water partition coefficient (Wildman–Crippen LogP) is 5.61. The Labute approximate surface area is 222 Å². The van der Waals surface area contributed by atoms with Gasteiger partial charge in [-0.25, -0.2) is 9.48 Å². The zero-order valence-corrected chi connectivity index (χ0v) is 21.6. The molecule has 8 nitrogen and oxygen atoms in total. The van der Waals surface area contributed by atoms with E-state index in [1.54, 1.807) is 52.4 Å². The molecule has 4 aromatic rings. The smallest absolute Gasteiger partial charge is 0.337 e. The van der Waals surface area contributed by atoms with E-state index in [1.165, 1.54) is 7.11 Å². The van der Waals surface area contributed by atoms with Crippen LogP contribution in [0.5, 0.6) is 11.5 Å². The molecule has 1 aliphatic heterocycles. The number of carboxylic acid groups (broad SMARTS) is 1. The number of Topliss-reactive ketones (excluding diaryl/α,β-unsaturated/α-hetero) is 1. The number of nitrogens with zero attached hydrogens (tertiary/aromatic N) is 2. The van der Waals surface area contributed by atoms with Gasteiger partial charge in [0.15, 0.2) is 17.3 Å². The van der Waals surface area contributed by atoms with Gasteiger partial charge in [0.05, 0.1) is 24.1 Å². The van der Waals surface area contributed by atoms with E-state index in [0.717, 1.165) is 21.7 Å². The number of phenols is 1. The molecule has 2 aliphatic rings. The summed E-state index contributed by atoms with van der Waals surface area (Å²) in [5.74, 6) is -0.512. The van der Waals surface area contributed by atoms with Crippen molar-refractivity contribution in [3.63, 3.8) is 0 Å². The number of aromatic carboxylic acids is 1. The highest BCUT2D eigenvalue weighted by Crippen LogP contribution is 2.50. The number of allylic oxidation sites excluding steroid dienone is 2. The molecule has 0 spiro atoms. The summed E-state index contributed by atoms with van der Waals surface area (Å²) in [7, 11) is 1.49. The van der Waals surface area contributed by atoms with Gasteiger partial charge in [0.25, 0.3) is 0 Å². The number of ether oxygens (including phenoxy) is 1. The van der Waals surface area contributed by atoms with Crippen LogP contribution in [0.1, 0.15) is 56.7 Å². The van der Waals surface area contributed by atoms with Gasteiger partial charge in [-0.05, 0) is 54.6 Å². The number of ketones is 1. The lowest BCUT2D eigenvalue weighted by atomic mass is 9.73. The van der Waals surface area contributed by atoms with Crippen molar-refractivity contribution < 1.29 is 24.5 Å². The van der Waals surface area contributed by atoms with Gasteiger partial charge < -0.3 is 20.3 Å². The summed E-state index contributed by atoms with van der Waals surface area (Å²) in [5.41, 5.74) is 4.16. The van der Waals surface area contributed by atoms with Gasteiger partial charge in [-0.15, -0.1) is 11.3 Å². The molecular weight excluding hydrogens is 502 g/mol. The second kappa shape index (κ2) is 9.18. The number of carbonyl (C=O) groups is 2. The second-order valence-electron chi connectivity index (χ2n) is 9.51. The molecule has 2 aromatic carbocycles. The van der Waals surface area contributed by atoms with E-state index in [1.807, 2.05) is 24.4 Å². The topological polar surface area (TPSA) is 114 Å². The van der Waals surface area contributed by atoms with E-state index in [2.05, 4.69) is 11.4 Å². The van der Waals surface area contributed by atoms with Gasteiger partial charge >= 0.3 is 5.97 Å². The van der Waals surface area contributed by atoms with Crippen molar-refractivity contribution in [1.82, 2.24) is 9.78 Å². The first-order valence-electron chi connectivity index (χ1n) is 12.2. The quantitative estimate of drug-likeness (QED) is 0.309. The second-order valence-corrected chi connectivity index (χ2v) is 10.5. The van der Waals surface area contributed by atoms with E-state index in [9.17, 15) is 19.8 Å². The fourth-order valence-corrected chi connectivity index (χ4v) is 6.47. The van der Waals surface area contributed by atoms with Crippen molar-refractivity contribution in [3.05, 3.63) is 98.5 Å². The summed E-state index contributed by atoms with van der Waals surface area (Å²) in [6.07, 6.45) is 1.02. The summed E-state index contributed by atoms with van der Waals surface area (Å²) >= 11 is 1.64. The van der Waals surface area contributed by atoms with E-state index in [4.69, 9.17) is 9.84 Å². The van der Waals surface area contributed by atoms with Gasteiger partial charge in [-0.1, -0.05) is 24.3 Å². The van der Waals surface area contributed by atoms with Crippen molar-refractivity contribution in [2.45, 2.75) is 31.6 Å². The van der Waals surface area contributed by atoms with Crippen LogP contribution in [0, 0.1) is 6.92 Å². The third-order valence-electron chi connectivity index (χ3n) is 7.31. The highest BCUT2D eigenvalue weighted by molar-refractivity contribution is 7.10. The molecule has 9 heteroatoms. The predicted molar refractivity (Wildman–Crippen MR) is 144 cm³/mol. The van der Waals surface area contributed by atoms with E-state index in [-0.39, 0.29) is 23.0 Å². The van der Waals surface area contributed by atoms with Crippen LogP contribution in [0.25, 0.3) is 5.69 Å². The van der Waals surface area contributed by atoms with Crippen LogP contribution in [0.2, 0.25) is 0 Å². The molecule has 0 amide bonds. The van der Waals surface area contributed by atoms with Gasteiger partial charge in [-0.3, -0.25) is 4.79 Å². The summed E-state index contributed by atoms with van der Waals surface area (Å²) < 4.78 is 6.87. The van der Waals surface area contributed by atoms with Crippen LogP contribution in [0.3, 0.4) is 0 Å². The molecule has 3 N–H and O–H groups in total. The molecule has 3 heterocycles. The van der Waals surface area contributed by atoms with Gasteiger partial charge in [0, 0.05) is 40.0 Å². The average Bonchev–Trinajstić information content (AvgIpc) is 3.56. The Morgan fingerprint density at radius 3 is 2.68 bits per heavy atom. The average molecular weight is 528 g/mol. The van der Waals surface area contributed by atoms with Crippen LogP contribution in [-0.2, 0) is 4.79 Å². The number of carbonyl (C=O) groups excluding carboxylic acids is 1. The fourth-order valence-electron chi connectivity index (χ4n) is 5.63. The van der Waals surface area contributed by atoms with E-state index < -0.39 is 11.9 Å². The highest BCUT2D eigenvalue weighted by Gasteiger charge is 2.41. The molecule has 0 saturated heterocycles. The number of benzene rings is 2. The molecule has 0 fully saturated rings. The summed E-state index contributed by atoms with van der Waals surface area (Å²) in [6.45, 7) is 1.85. The monoisotopic (exact) mass is 527 g/mol. The minimum Gasteiger partial charge on any atom is -0.504 e. The molecule has 6 rings (SSSR count). The van der Waals surface area contributed by atoms with Crippen molar-refractivity contribution in [3.8, 4) is 17.2 Å². The maximum atomic E-state index is 13.8. The normalized spacial score (nSPS) is 18.5. The Bertz CT molecular complexity index is 1620. The third-order valence-corrected chi connectivity index (χ3v) is 8.34. The van der Waals surface area contributed by atoms with E-state index in [0.29, 0.717) is 41.4 Å². The molecule has 1 aliphatic carbocycles. The molecule has 2 unspecified atom stereocenters. The Kier molecular flexibility index (Phi) is 5.80. The number of hydrogen-bond donors (Lipinski definition) is 3. The standard InChI is InChI=1S/C29H25N3O5S/c1-15-25-26(16-9-10-23(37-2)21(33)13-16)27-19(12-17(14-22(27)34)24-8-5-11-38-24)30-28(25)32(31-15)20-7-4-3-6-18(20)29(35)36/h3-11,13,17,26,30,33H,12,14H2,1-2H3,(H,35,36). The number of carboxylic acids is 1. The Morgan fingerprint density at radius 2 is 1.97 bits per heavy atom. The van der Waals surface area contributed by atoms with Crippen LogP contribution in [0.15, 0.2) is 71.2 Å². The molecule has 2 atom stereocenters. The lowest BCUT2D eigenvalue weighted by Gasteiger charge is -2.35. The Morgan fingerprint density at radius 1 is 1.16 bits per heavy atom. The first kappa shape index (κ1) is 24.0.